The van der Waals surface area contributed by atoms with Crippen molar-refractivity contribution in [3.63, 3.8) is 0 Å². The van der Waals surface area contributed by atoms with Gasteiger partial charge in [-0.15, -0.1) is 0 Å². The zero-order valence-corrected chi connectivity index (χ0v) is 73.5. The van der Waals surface area contributed by atoms with Crippen LogP contribution in [0.4, 0.5) is 36.3 Å². The number of aromatic amines is 2. The Morgan fingerprint density at radius 3 is 1.23 bits per heavy atom. The van der Waals surface area contributed by atoms with Crippen molar-refractivity contribution in [2.45, 2.75) is 155 Å². The number of halogens is 3. The molecule has 9 aliphatic rings. The number of nitrogen functional groups attached to an aromatic ring is 4. The number of phosphoric acid groups is 3. The van der Waals surface area contributed by atoms with E-state index in [2.05, 4.69) is 94.2 Å². The number of rotatable bonds is 7. The number of aromatic nitrogens is 23. The Bertz CT molecular complexity index is 7260. The molecule has 0 aromatic carbocycles. The molecule has 6 bridgehead atoms. The quantitative estimate of drug-likeness (QED) is 0.0665. The van der Waals surface area contributed by atoms with Gasteiger partial charge in [-0.3, -0.25) is 64.1 Å². The minimum absolute atomic E-state index is 0.00636. The molecular weight excluding hydrogens is 1950 g/mol. The Morgan fingerprint density at radius 2 is 0.756 bits per heavy atom. The van der Waals surface area contributed by atoms with E-state index in [9.17, 15) is 78.5 Å². The van der Waals surface area contributed by atoms with Crippen molar-refractivity contribution in [2.75, 3.05) is 69.0 Å². The third kappa shape index (κ3) is 17.9. The van der Waals surface area contributed by atoms with Gasteiger partial charge in [0.05, 0.1) is 76.2 Å². The van der Waals surface area contributed by atoms with Gasteiger partial charge in [-0.2, -0.15) is 39.4 Å². The number of aliphatic hydroxyl groups excluding tert-OH is 3. The second-order valence-electron chi connectivity index (χ2n) is 31.1. The largest absolute Gasteiger partial charge is 0.472 e. The highest BCUT2D eigenvalue weighted by atomic mass is 32.2. The maximum atomic E-state index is 16.0. The first-order valence-electron chi connectivity index (χ1n) is 39.7. The van der Waals surface area contributed by atoms with Crippen LogP contribution in [0.3, 0.4) is 0 Å². The molecule has 726 valence electrons. The molecule has 19 N–H and O–H groups in total. The van der Waals surface area contributed by atoms with Crippen LogP contribution in [0.15, 0.2) is 78.8 Å². The number of aryl methyl sites for hydroxylation is 2. The molecular formula is C64H74F3N30O32P3S3. The zero-order valence-electron chi connectivity index (χ0n) is 68.4. The van der Waals surface area contributed by atoms with Gasteiger partial charge in [-0.25, -0.2) is 114 Å². The van der Waals surface area contributed by atoms with Crippen LogP contribution in [0.1, 0.15) is 49.0 Å². The Morgan fingerprint density at radius 1 is 0.407 bits per heavy atom. The summed E-state index contributed by atoms with van der Waals surface area (Å²) < 4.78 is 261. The van der Waals surface area contributed by atoms with E-state index in [0.717, 1.165) is 45.3 Å². The Kier molecular flexibility index (Phi) is 24.6. The number of phosphoric ester groups is 3. The number of imidazole rings is 6. The highest BCUT2D eigenvalue weighted by Gasteiger charge is 2.59. The molecule has 9 fully saturated rings. The predicted molar refractivity (Wildman–Crippen MR) is 435 cm³/mol. The third-order valence-corrected chi connectivity index (χ3v) is 28.5. The van der Waals surface area contributed by atoms with E-state index < -0.39 is 259 Å². The highest BCUT2D eigenvalue weighted by molar-refractivity contribution is 7.85. The lowest BCUT2D eigenvalue weighted by molar-refractivity contribution is -0.0542. The van der Waals surface area contributed by atoms with E-state index in [1.54, 1.807) is 0 Å². The van der Waals surface area contributed by atoms with E-state index in [-0.39, 0.29) is 102 Å². The summed E-state index contributed by atoms with van der Waals surface area (Å²) in [5.74, 6) is -0.720. The highest BCUT2D eigenvalue weighted by Crippen LogP contribution is 2.55. The molecule has 135 heavy (non-hydrogen) atoms. The summed E-state index contributed by atoms with van der Waals surface area (Å²) in [6.45, 7) is -2.26. The van der Waals surface area contributed by atoms with Crippen molar-refractivity contribution in [1.82, 2.24) is 126 Å². The van der Waals surface area contributed by atoms with E-state index in [1.807, 2.05) is 4.72 Å². The normalized spacial score (nSPS) is 35.5. The molecule has 9 aliphatic heterocycles. The van der Waals surface area contributed by atoms with Gasteiger partial charge in [-0.05, 0) is 19.9 Å². The van der Waals surface area contributed by atoms with Gasteiger partial charge < -0.3 is 91.3 Å². The van der Waals surface area contributed by atoms with Crippen LogP contribution in [0.25, 0.3) is 67.0 Å². The van der Waals surface area contributed by atoms with E-state index in [4.69, 9.17) is 91.0 Å². The van der Waals surface area contributed by atoms with Gasteiger partial charge >= 0.3 is 54.4 Å². The van der Waals surface area contributed by atoms with Gasteiger partial charge in [0.2, 0.25) is 0 Å². The third-order valence-electron chi connectivity index (χ3n) is 22.6. The number of fused-ring (bicyclic) bond motifs is 15. The smallest absolute Gasteiger partial charge is 0.397 e. The first-order chi connectivity index (χ1) is 64.1. The molecule has 0 saturated carbocycles. The summed E-state index contributed by atoms with van der Waals surface area (Å²) in [7, 11) is -29.6. The number of nitrogens with one attached hydrogen (secondary N) is 5. The zero-order chi connectivity index (χ0) is 95.3. The molecule has 9 saturated heterocycles. The topological polar surface area (TPSA) is 842 Å². The molecule has 0 radical (unpaired) electrons. The molecule has 0 amide bonds. The molecule has 0 spiro atoms. The summed E-state index contributed by atoms with van der Waals surface area (Å²) >= 11 is 0. The number of alkyl halides is 3. The van der Waals surface area contributed by atoms with Crippen LogP contribution >= 0.6 is 23.5 Å². The first kappa shape index (κ1) is 93.6. The summed E-state index contributed by atoms with van der Waals surface area (Å²) in [5.41, 5.74) is 23.5. The molecule has 27 atom stereocenters. The number of ether oxygens (including phenoxy) is 6. The summed E-state index contributed by atoms with van der Waals surface area (Å²) in [6, 6.07) is 1.51. The van der Waals surface area contributed by atoms with E-state index >= 15 is 13.2 Å². The number of anilines is 4. The molecule has 21 heterocycles. The average molecular weight is 2020 g/mol. The maximum absolute atomic E-state index is 16.0. The lowest BCUT2D eigenvalue weighted by atomic mass is 9.99. The number of pyridine rings is 1. The van der Waals surface area contributed by atoms with Crippen molar-refractivity contribution >= 4 is 145 Å². The van der Waals surface area contributed by atoms with Crippen LogP contribution in [-0.4, -0.2) is 317 Å². The Labute approximate surface area is 749 Å². The lowest BCUT2D eigenvalue weighted by Crippen LogP contribution is -2.44. The average Bonchev–Trinajstić information content (AvgIpc) is 1.61. The minimum Gasteiger partial charge on any atom is -0.397 e. The number of hydrogen-bond donors (Lipinski definition) is 15. The summed E-state index contributed by atoms with van der Waals surface area (Å²) in [5, 5.41) is 32.4. The SMILES string of the molecule is Cc1nc2c(ncn2C2OC3COP(=O)(O)OC4C(CNS(=O)(=O)OC2C3CO)OC(n2cnc3c(N)ncnc32)C4F)c(=O)[nH]1.Cc1nc2c(ncn2C2OC3COP(=O)(O)OC4C(CNS(=O)(=O)OC2C3F)OC(n2cnc3c(N)ncnc32)C4F)c(=O)[nH]1.Nc1ncnc2c1ncn2C1OC2CNS(=O)(=O)OC3C(O)C(COP(=O)(O)OC2C1O)OC3n1cnc2c(N)ccnc21. The fourth-order valence-corrected chi connectivity index (χ4v) is 22.1. The molecule has 12 aromatic rings. The number of H-pyrrole nitrogens is 2. The summed E-state index contributed by atoms with van der Waals surface area (Å²) in [4.78, 5) is 122. The number of hydrogen-bond acceptors (Lipinski definition) is 48. The van der Waals surface area contributed by atoms with Crippen LogP contribution in [-0.2, 0) is 113 Å². The Balaban J connectivity index is 0.000000130. The maximum Gasteiger partial charge on any atom is 0.472 e. The second kappa shape index (κ2) is 35.5. The van der Waals surface area contributed by atoms with Crippen LogP contribution < -0.4 is 48.2 Å². The Hall–Kier alpha value is -10.5. The predicted octanol–water partition coefficient (Wildman–Crippen LogP) is -4.93. The first-order valence-corrected chi connectivity index (χ1v) is 48.4. The van der Waals surface area contributed by atoms with Crippen molar-refractivity contribution < 1.29 is 150 Å². The fraction of sp³-hybridized carbons (Fsp3) is 0.516. The van der Waals surface area contributed by atoms with Gasteiger partial charge in [0.25, 0.3) is 11.1 Å². The van der Waals surface area contributed by atoms with Crippen LogP contribution in [0.2, 0.25) is 0 Å². The fourth-order valence-electron chi connectivity index (χ4n) is 16.4. The van der Waals surface area contributed by atoms with Gasteiger partial charge in [-0.1, -0.05) is 0 Å². The van der Waals surface area contributed by atoms with Crippen LogP contribution in [0, 0.1) is 19.8 Å². The molecule has 27 unspecified atom stereocenters. The van der Waals surface area contributed by atoms with E-state index in [1.165, 1.54) is 65.1 Å². The molecule has 71 heteroatoms. The molecule has 12 aromatic heterocycles. The second-order valence-corrected chi connectivity index (χ2v) is 39.5. The van der Waals surface area contributed by atoms with Crippen molar-refractivity contribution in [3.8, 4) is 0 Å². The van der Waals surface area contributed by atoms with Crippen molar-refractivity contribution in [2.24, 2.45) is 5.92 Å². The van der Waals surface area contributed by atoms with Crippen molar-refractivity contribution in [1.29, 1.82) is 0 Å². The van der Waals surface area contributed by atoms with Gasteiger partial charge in [0, 0.05) is 31.7 Å². The number of nitrogens with two attached hydrogens (primary N) is 4. The number of nitrogens with zero attached hydrogens (tertiary/aromatic N) is 21. The van der Waals surface area contributed by atoms with E-state index in [0.29, 0.717) is 0 Å². The standard InChI is InChI=1S/C22H26FN10O11PS.C21H23F2N10O10PS.C21H25N10O11PS/c1-8-30-19-14(20(35)31-8)28-7-33(19)22-15-9(3-34)11(42-22)4-40-45(36,37)43-16-10(2-29-46(38,39)44-15)41-21(12(16)23)32-6-27-13-17(24)25-5-26-18(13)32;1-7-30-18-13(19(34)31-7)28-6-33(18)21-15-10(22)9(41-21)3-39-44(35,36)42-14-8(2-29-45(37,38)43-15)40-20(11(14)23)32-5-27-12-16(24)25-4-26-17(12)32;22-8-1-2-24-18-11(8)27-6-31(18)21-16-13(32)10(40-21)4-38-43(34,35)41-15-9(3-29-44(36,37)42-16)39-20(14(15)33)30-7-28-12-17(23)25-5-26-19(12)30/h5-7,9-12,15-16,21-22,29,34H,2-4H2,1H3,(H,36,37)(H2,24,25,26)(H,30,31,35);4-6,8-11,14-15,20-21,29H,2-3H2,1H3,(H,35,36)(H2,24,25,26)(H,30,31,34);1-2,5-7,9-10,13-16,20-21,29,32-33H,3-4H2,(H2,22,24)(H,34,35)(H2,23,25,26). The van der Waals surface area contributed by atoms with Crippen molar-refractivity contribution in [3.05, 3.63) is 102 Å². The lowest BCUT2D eigenvalue weighted by Gasteiger charge is -2.24. The number of aliphatic hydroxyl groups is 3. The minimum atomic E-state index is -5.17. The van der Waals surface area contributed by atoms with Gasteiger partial charge in [0.1, 0.15) is 120 Å². The monoisotopic (exact) mass is 2020 g/mol. The molecule has 21 rings (SSSR count). The summed E-state index contributed by atoms with van der Waals surface area (Å²) in [6.07, 6.45) is -26.1. The van der Waals surface area contributed by atoms with Crippen LogP contribution in [0.5, 0.6) is 0 Å². The molecule has 62 nitrogen and oxygen atoms in total. The molecule has 0 aliphatic carbocycles. The van der Waals surface area contributed by atoms with Gasteiger partial charge in [0.15, 0.2) is 130 Å².